The van der Waals surface area contributed by atoms with Crippen LogP contribution < -0.4 is 4.80 Å². The Morgan fingerprint density at radius 2 is 1.77 bits per heavy atom. The number of benzene rings is 2. The van der Waals surface area contributed by atoms with E-state index in [0.717, 1.165) is 28.3 Å². The molecule has 31 heavy (non-hydrogen) atoms. The average molecular weight is 458 g/mol. The van der Waals surface area contributed by atoms with E-state index in [4.69, 9.17) is 9.73 Å². The minimum atomic E-state index is -3.60. The maximum absolute atomic E-state index is 13.3. The molecule has 0 saturated carbocycles. The normalized spacial score (nSPS) is 20.8. The van der Waals surface area contributed by atoms with Gasteiger partial charge in [0.25, 0.3) is 0 Å². The lowest BCUT2D eigenvalue weighted by Crippen LogP contribution is -2.48. The van der Waals surface area contributed by atoms with Gasteiger partial charge in [0, 0.05) is 30.6 Å². The first-order chi connectivity index (χ1) is 14.9. The zero-order valence-electron chi connectivity index (χ0n) is 17.9. The number of hydrogen-bond acceptors (Lipinski definition) is 5. The van der Waals surface area contributed by atoms with Crippen LogP contribution in [0.1, 0.15) is 20.8 Å². The monoisotopic (exact) mass is 457 g/mol. The molecule has 0 N–H and O–H groups in total. The molecule has 4 rings (SSSR count). The van der Waals surface area contributed by atoms with Crippen LogP contribution in [0.2, 0.25) is 0 Å². The summed E-state index contributed by atoms with van der Waals surface area (Å²) in [4.78, 5) is 5.95. The number of ether oxygens (including phenoxy) is 1. The summed E-state index contributed by atoms with van der Waals surface area (Å²) in [5.41, 5.74) is 2.72. The SMILES string of the molecule is CCn1c(-c2cccc(S(=O)(=O)N3C[C@H](C)O[C@@H](C)C3)c2)csc1=Nc1ccccc1. The van der Waals surface area contributed by atoms with Crippen LogP contribution in [0.3, 0.4) is 0 Å². The number of rotatable bonds is 5. The summed E-state index contributed by atoms with van der Waals surface area (Å²) >= 11 is 1.55. The Morgan fingerprint density at radius 1 is 1.06 bits per heavy atom. The van der Waals surface area contributed by atoms with Crippen LogP contribution in [0.5, 0.6) is 0 Å². The molecule has 8 heteroatoms. The van der Waals surface area contributed by atoms with Crippen molar-refractivity contribution in [1.29, 1.82) is 0 Å². The van der Waals surface area contributed by atoms with Crippen molar-refractivity contribution in [1.82, 2.24) is 8.87 Å². The highest BCUT2D eigenvalue weighted by atomic mass is 32.2. The second-order valence-corrected chi connectivity index (χ2v) is 10.5. The highest BCUT2D eigenvalue weighted by Crippen LogP contribution is 2.27. The number of morpholine rings is 1. The Hall–Kier alpha value is -2.26. The van der Waals surface area contributed by atoms with Crippen LogP contribution >= 0.6 is 11.3 Å². The molecule has 1 fully saturated rings. The van der Waals surface area contributed by atoms with Crippen molar-refractivity contribution in [2.24, 2.45) is 4.99 Å². The Morgan fingerprint density at radius 3 is 2.45 bits per heavy atom. The van der Waals surface area contributed by atoms with E-state index in [0.29, 0.717) is 18.0 Å². The van der Waals surface area contributed by atoms with Crippen molar-refractivity contribution in [2.75, 3.05) is 13.1 Å². The largest absolute Gasteiger partial charge is 0.373 e. The van der Waals surface area contributed by atoms with Gasteiger partial charge in [0.05, 0.1) is 28.5 Å². The number of sulfonamides is 1. The van der Waals surface area contributed by atoms with E-state index in [1.54, 1.807) is 29.5 Å². The Kier molecular flexibility index (Phi) is 6.43. The van der Waals surface area contributed by atoms with Gasteiger partial charge in [-0.25, -0.2) is 13.4 Å². The van der Waals surface area contributed by atoms with E-state index < -0.39 is 10.0 Å². The third kappa shape index (κ3) is 4.67. The minimum Gasteiger partial charge on any atom is -0.373 e. The van der Waals surface area contributed by atoms with Crippen molar-refractivity contribution in [2.45, 2.75) is 44.4 Å². The van der Waals surface area contributed by atoms with Gasteiger partial charge >= 0.3 is 0 Å². The van der Waals surface area contributed by atoms with Gasteiger partial charge in [0.1, 0.15) is 0 Å². The molecule has 1 aliphatic rings. The van der Waals surface area contributed by atoms with Gasteiger partial charge in [0.15, 0.2) is 4.80 Å². The standard InChI is InChI=1S/C23H27N3O3S2/c1-4-26-22(16-30-23(26)24-20-10-6-5-7-11-20)19-9-8-12-21(13-19)31(27,28)25-14-17(2)29-18(3)15-25/h5-13,16-18H,4,14-15H2,1-3H3/t17-,18-/m0/s1. The van der Waals surface area contributed by atoms with Gasteiger partial charge in [-0.15, -0.1) is 11.3 Å². The summed E-state index contributed by atoms with van der Waals surface area (Å²) in [7, 11) is -3.60. The summed E-state index contributed by atoms with van der Waals surface area (Å²) < 4.78 is 36.0. The van der Waals surface area contributed by atoms with Crippen molar-refractivity contribution in [3.63, 3.8) is 0 Å². The molecular formula is C23H27N3O3S2. The fraction of sp³-hybridized carbons (Fsp3) is 0.348. The van der Waals surface area contributed by atoms with Crippen LogP contribution in [-0.4, -0.2) is 42.6 Å². The Bertz CT molecular complexity index is 1210. The first kappa shape index (κ1) is 22.0. The van der Waals surface area contributed by atoms with Gasteiger partial charge in [-0.05, 0) is 45.0 Å². The number of para-hydroxylation sites is 1. The summed E-state index contributed by atoms with van der Waals surface area (Å²) in [5, 5.41) is 2.04. The third-order valence-corrected chi connectivity index (χ3v) is 7.94. The first-order valence-electron chi connectivity index (χ1n) is 10.4. The molecule has 0 unspecified atom stereocenters. The van der Waals surface area contributed by atoms with E-state index in [2.05, 4.69) is 11.5 Å². The molecular weight excluding hydrogens is 430 g/mol. The zero-order chi connectivity index (χ0) is 22.0. The van der Waals surface area contributed by atoms with Crippen molar-refractivity contribution in [3.05, 3.63) is 64.8 Å². The van der Waals surface area contributed by atoms with Crippen molar-refractivity contribution in [3.8, 4) is 11.3 Å². The van der Waals surface area contributed by atoms with Gasteiger partial charge in [-0.1, -0.05) is 30.3 Å². The van der Waals surface area contributed by atoms with Gasteiger partial charge < -0.3 is 9.30 Å². The lowest BCUT2D eigenvalue weighted by molar-refractivity contribution is -0.0440. The smallest absolute Gasteiger partial charge is 0.243 e. The molecule has 2 atom stereocenters. The average Bonchev–Trinajstić information content (AvgIpc) is 3.16. The van der Waals surface area contributed by atoms with Gasteiger partial charge in [-0.3, -0.25) is 0 Å². The lowest BCUT2D eigenvalue weighted by atomic mass is 10.2. The fourth-order valence-electron chi connectivity index (χ4n) is 3.86. The number of aromatic nitrogens is 1. The highest BCUT2D eigenvalue weighted by molar-refractivity contribution is 7.89. The molecule has 1 aliphatic heterocycles. The number of nitrogens with zero attached hydrogens (tertiary/aromatic N) is 3. The molecule has 1 aromatic heterocycles. The van der Waals surface area contributed by atoms with E-state index in [-0.39, 0.29) is 12.2 Å². The molecule has 164 valence electrons. The Labute approximate surface area is 187 Å². The molecule has 6 nitrogen and oxygen atoms in total. The Balaban J connectivity index is 1.72. The van der Waals surface area contributed by atoms with E-state index in [1.807, 2.05) is 55.6 Å². The molecule has 0 spiro atoms. The quantitative estimate of drug-likeness (QED) is 0.575. The number of thiazole rings is 1. The van der Waals surface area contributed by atoms with E-state index in [1.165, 1.54) is 4.31 Å². The fourth-order valence-corrected chi connectivity index (χ4v) is 6.49. The second kappa shape index (κ2) is 9.08. The molecule has 0 bridgehead atoms. The zero-order valence-corrected chi connectivity index (χ0v) is 19.6. The van der Waals surface area contributed by atoms with Crippen LogP contribution in [-0.2, 0) is 21.3 Å². The maximum Gasteiger partial charge on any atom is 0.243 e. The van der Waals surface area contributed by atoms with Gasteiger partial charge in [-0.2, -0.15) is 4.31 Å². The maximum atomic E-state index is 13.3. The van der Waals surface area contributed by atoms with E-state index >= 15 is 0 Å². The first-order valence-corrected chi connectivity index (χ1v) is 12.7. The predicted molar refractivity (Wildman–Crippen MR) is 124 cm³/mol. The summed E-state index contributed by atoms with van der Waals surface area (Å²) in [6, 6.07) is 17.0. The predicted octanol–water partition coefficient (Wildman–Crippen LogP) is 4.27. The third-order valence-electron chi connectivity index (χ3n) is 5.25. The molecule has 3 aromatic rings. The van der Waals surface area contributed by atoms with E-state index in [9.17, 15) is 8.42 Å². The van der Waals surface area contributed by atoms with Crippen molar-refractivity contribution >= 4 is 27.0 Å². The number of hydrogen-bond donors (Lipinski definition) is 0. The molecule has 0 aliphatic carbocycles. The lowest BCUT2D eigenvalue weighted by Gasteiger charge is -2.34. The van der Waals surface area contributed by atoms with Crippen LogP contribution in [0.4, 0.5) is 5.69 Å². The van der Waals surface area contributed by atoms with Crippen LogP contribution in [0, 0.1) is 0 Å². The van der Waals surface area contributed by atoms with Crippen molar-refractivity contribution < 1.29 is 13.2 Å². The van der Waals surface area contributed by atoms with Crippen LogP contribution in [0.15, 0.2) is 69.9 Å². The highest BCUT2D eigenvalue weighted by Gasteiger charge is 2.32. The summed E-state index contributed by atoms with van der Waals surface area (Å²) in [5.74, 6) is 0. The molecule has 0 amide bonds. The molecule has 0 radical (unpaired) electrons. The van der Waals surface area contributed by atoms with Crippen LogP contribution in [0.25, 0.3) is 11.3 Å². The topological polar surface area (TPSA) is 63.9 Å². The molecule has 2 aromatic carbocycles. The van der Waals surface area contributed by atoms with Gasteiger partial charge in [0.2, 0.25) is 10.0 Å². The summed E-state index contributed by atoms with van der Waals surface area (Å²) in [6.45, 7) is 7.34. The minimum absolute atomic E-state index is 0.122. The second-order valence-electron chi connectivity index (χ2n) is 7.70. The summed E-state index contributed by atoms with van der Waals surface area (Å²) in [6.07, 6.45) is -0.244. The molecule has 2 heterocycles. The molecule has 1 saturated heterocycles.